The number of carboxylic acids is 1. The molecular weight excluding hydrogens is 266 g/mol. The van der Waals surface area contributed by atoms with Gasteiger partial charge in [-0.25, -0.2) is 4.79 Å². The molecule has 2 aliphatic rings. The first-order chi connectivity index (χ1) is 10.2. The molecule has 0 aromatic heterocycles. The lowest BCUT2D eigenvalue weighted by molar-refractivity contribution is -0.159. The predicted octanol–water partition coefficient (Wildman–Crippen LogP) is 2.29. The molecule has 1 heterocycles. The molecule has 1 unspecified atom stereocenters. The van der Waals surface area contributed by atoms with Gasteiger partial charge in [-0.1, -0.05) is 18.2 Å². The first-order valence-electron chi connectivity index (χ1n) is 7.88. The zero-order chi connectivity index (χ0) is 14.7. The number of aliphatic carboxylic acids is 1. The van der Waals surface area contributed by atoms with E-state index in [1.54, 1.807) is 0 Å². The molecule has 1 atom stereocenters. The van der Waals surface area contributed by atoms with Crippen LogP contribution < -0.4 is 5.32 Å². The van der Waals surface area contributed by atoms with Gasteiger partial charge in [0.2, 0.25) is 0 Å². The third kappa shape index (κ3) is 3.11. The smallest absolute Gasteiger partial charge is 0.337 e. The summed E-state index contributed by atoms with van der Waals surface area (Å²) in [7, 11) is 0. The summed E-state index contributed by atoms with van der Waals surface area (Å²) in [6.45, 7) is 1.62. The Morgan fingerprint density at radius 1 is 1.24 bits per heavy atom. The number of hydrogen-bond acceptors (Lipinski definition) is 3. The zero-order valence-corrected chi connectivity index (χ0v) is 12.4. The number of aryl methyl sites for hydroxylation is 2. The van der Waals surface area contributed by atoms with Gasteiger partial charge < -0.3 is 15.2 Å². The molecule has 3 rings (SSSR count). The molecule has 4 heteroatoms. The molecule has 0 amide bonds. The van der Waals surface area contributed by atoms with E-state index < -0.39 is 11.6 Å². The van der Waals surface area contributed by atoms with Gasteiger partial charge >= 0.3 is 5.97 Å². The summed E-state index contributed by atoms with van der Waals surface area (Å²) in [4.78, 5) is 11.4. The van der Waals surface area contributed by atoms with Crippen LogP contribution in [0.3, 0.4) is 0 Å². The maximum atomic E-state index is 11.4. The summed E-state index contributed by atoms with van der Waals surface area (Å²) in [5, 5.41) is 12.6. The van der Waals surface area contributed by atoms with Crippen molar-refractivity contribution in [3.63, 3.8) is 0 Å². The van der Waals surface area contributed by atoms with Gasteiger partial charge in [0, 0.05) is 19.7 Å². The number of carboxylic acid groups (broad SMARTS) is 1. The molecule has 1 aromatic carbocycles. The molecule has 1 saturated heterocycles. The molecule has 1 aliphatic carbocycles. The standard InChI is InChI=1S/C17H23NO3/c19-16(20)17(8-3-9-21-17)12-18-11-13-6-7-14-4-1-2-5-15(14)10-13/h6-7,10,18H,1-5,8-9,11-12H2,(H,19,20). The second kappa shape index (κ2) is 6.16. The maximum absolute atomic E-state index is 11.4. The van der Waals surface area contributed by atoms with E-state index in [0.29, 0.717) is 26.1 Å². The normalized spacial score (nSPS) is 24.8. The molecule has 114 valence electrons. The van der Waals surface area contributed by atoms with E-state index in [-0.39, 0.29) is 0 Å². The lowest BCUT2D eigenvalue weighted by atomic mass is 9.90. The van der Waals surface area contributed by atoms with Gasteiger partial charge in [-0.3, -0.25) is 0 Å². The number of nitrogens with one attached hydrogen (secondary N) is 1. The van der Waals surface area contributed by atoms with Crippen molar-refractivity contribution in [1.82, 2.24) is 5.32 Å². The Labute approximate surface area is 125 Å². The first-order valence-corrected chi connectivity index (χ1v) is 7.88. The van der Waals surface area contributed by atoms with Gasteiger partial charge in [-0.15, -0.1) is 0 Å². The fourth-order valence-corrected chi connectivity index (χ4v) is 3.39. The molecule has 1 aromatic rings. The van der Waals surface area contributed by atoms with E-state index >= 15 is 0 Å². The van der Waals surface area contributed by atoms with Crippen molar-refractivity contribution in [3.05, 3.63) is 34.9 Å². The van der Waals surface area contributed by atoms with E-state index in [0.717, 1.165) is 6.42 Å². The van der Waals surface area contributed by atoms with Crippen LogP contribution in [0.2, 0.25) is 0 Å². The Balaban J connectivity index is 1.59. The highest BCUT2D eigenvalue weighted by Gasteiger charge is 2.42. The van der Waals surface area contributed by atoms with Crippen LogP contribution in [-0.2, 0) is 28.9 Å². The van der Waals surface area contributed by atoms with E-state index in [2.05, 4.69) is 23.5 Å². The molecule has 1 fully saturated rings. The van der Waals surface area contributed by atoms with Gasteiger partial charge in [0.05, 0.1) is 0 Å². The maximum Gasteiger partial charge on any atom is 0.337 e. The van der Waals surface area contributed by atoms with Gasteiger partial charge in [0.1, 0.15) is 0 Å². The van der Waals surface area contributed by atoms with Gasteiger partial charge in [-0.2, -0.15) is 0 Å². The number of rotatable bonds is 5. The van der Waals surface area contributed by atoms with Gasteiger partial charge in [0.15, 0.2) is 5.60 Å². The highest BCUT2D eigenvalue weighted by molar-refractivity contribution is 5.78. The summed E-state index contributed by atoms with van der Waals surface area (Å²) in [5.74, 6) is -0.849. The molecule has 4 nitrogen and oxygen atoms in total. The van der Waals surface area contributed by atoms with Crippen LogP contribution in [0.25, 0.3) is 0 Å². The largest absolute Gasteiger partial charge is 0.479 e. The third-order valence-electron chi connectivity index (χ3n) is 4.65. The molecule has 0 spiro atoms. The Bertz CT molecular complexity index is 521. The first kappa shape index (κ1) is 14.5. The Hall–Kier alpha value is -1.39. The van der Waals surface area contributed by atoms with Crippen LogP contribution >= 0.6 is 0 Å². The van der Waals surface area contributed by atoms with Crippen LogP contribution in [0, 0.1) is 0 Å². The number of carbonyl (C=O) groups is 1. The summed E-state index contributed by atoms with van der Waals surface area (Å²) >= 11 is 0. The summed E-state index contributed by atoms with van der Waals surface area (Å²) < 4.78 is 5.47. The predicted molar refractivity (Wildman–Crippen MR) is 80.3 cm³/mol. The molecule has 2 N–H and O–H groups in total. The van der Waals surface area contributed by atoms with Crippen LogP contribution in [0.1, 0.15) is 42.4 Å². The Morgan fingerprint density at radius 3 is 2.76 bits per heavy atom. The molecular formula is C17H23NO3. The van der Waals surface area contributed by atoms with E-state index in [1.165, 1.54) is 42.4 Å². The van der Waals surface area contributed by atoms with Crippen LogP contribution in [-0.4, -0.2) is 29.8 Å². The zero-order valence-electron chi connectivity index (χ0n) is 12.4. The number of hydrogen-bond donors (Lipinski definition) is 2. The van der Waals surface area contributed by atoms with Crippen LogP contribution in [0.4, 0.5) is 0 Å². The number of fused-ring (bicyclic) bond motifs is 1. The molecule has 0 saturated carbocycles. The summed E-state index contributed by atoms with van der Waals surface area (Å²) in [6, 6.07) is 6.65. The highest BCUT2D eigenvalue weighted by atomic mass is 16.5. The van der Waals surface area contributed by atoms with Gasteiger partial charge in [0.25, 0.3) is 0 Å². The van der Waals surface area contributed by atoms with E-state index in [9.17, 15) is 9.90 Å². The lowest BCUT2D eigenvalue weighted by Gasteiger charge is -2.24. The topological polar surface area (TPSA) is 58.6 Å². The van der Waals surface area contributed by atoms with Crippen LogP contribution in [0.15, 0.2) is 18.2 Å². The van der Waals surface area contributed by atoms with Crippen molar-refractivity contribution in [2.45, 2.75) is 50.7 Å². The average Bonchev–Trinajstić information content (AvgIpc) is 2.97. The second-order valence-corrected chi connectivity index (χ2v) is 6.17. The van der Waals surface area contributed by atoms with Crippen molar-refractivity contribution in [2.75, 3.05) is 13.2 Å². The number of ether oxygens (including phenoxy) is 1. The van der Waals surface area contributed by atoms with E-state index in [4.69, 9.17) is 4.74 Å². The number of benzene rings is 1. The molecule has 0 bridgehead atoms. The van der Waals surface area contributed by atoms with Crippen molar-refractivity contribution < 1.29 is 14.6 Å². The SMILES string of the molecule is O=C(O)C1(CNCc2ccc3c(c2)CCCC3)CCCO1. The van der Waals surface area contributed by atoms with Gasteiger partial charge in [-0.05, 0) is 55.2 Å². The van der Waals surface area contributed by atoms with E-state index in [1.807, 2.05) is 0 Å². The van der Waals surface area contributed by atoms with Crippen LogP contribution in [0.5, 0.6) is 0 Å². The second-order valence-electron chi connectivity index (χ2n) is 6.17. The minimum atomic E-state index is -1.02. The minimum absolute atomic E-state index is 0.374. The third-order valence-corrected chi connectivity index (χ3v) is 4.65. The van der Waals surface area contributed by atoms with Crippen molar-refractivity contribution in [3.8, 4) is 0 Å². The minimum Gasteiger partial charge on any atom is -0.479 e. The molecule has 1 aliphatic heterocycles. The van der Waals surface area contributed by atoms with Crippen molar-refractivity contribution in [2.24, 2.45) is 0 Å². The summed E-state index contributed by atoms with van der Waals surface area (Å²) in [5.41, 5.74) is 3.15. The Morgan fingerprint density at radius 2 is 2.05 bits per heavy atom. The average molecular weight is 289 g/mol. The Kier molecular flexibility index (Phi) is 4.27. The summed E-state index contributed by atoms with van der Waals surface area (Å²) in [6.07, 6.45) is 6.36. The quantitative estimate of drug-likeness (QED) is 0.873. The fraction of sp³-hybridized carbons (Fsp3) is 0.588. The lowest BCUT2D eigenvalue weighted by Crippen LogP contribution is -2.46. The van der Waals surface area contributed by atoms with Crippen molar-refractivity contribution in [1.29, 1.82) is 0 Å². The highest BCUT2D eigenvalue weighted by Crippen LogP contribution is 2.26. The van der Waals surface area contributed by atoms with Crippen molar-refractivity contribution >= 4 is 5.97 Å². The fourth-order valence-electron chi connectivity index (χ4n) is 3.39. The molecule has 21 heavy (non-hydrogen) atoms. The molecule has 0 radical (unpaired) electrons. The monoisotopic (exact) mass is 289 g/mol.